The summed E-state index contributed by atoms with van der Waals surface area (Å²) in [6.07, 6.45) is 6.22. The van der Waals surface area contributed by atoms with Crippen molar-refractivity contribution < 1.29 is 4.79 Å². The zero-order valence-electron chi connectivity index (χ0n) is 14.6. The second kappa shape index (κ2) is 7.63. The van der Waals surface area contributed by atoms with Gasteiger partial charge in [0.25, 0.3) is 0 Å². The minimum Gasteiger partial charge on any atom is -0.332 e. The number of nitrogens with one attached hydrogen (secondary N) is 2. The van der Waals surface area contributed by atoms with Crippen LogP contribution in [0.4, 0.5) is 4.79 Å². The maximum Gasteiger partial charge on any atom is 0.318 e. The van der Waals surface area contributed by atoms with Crippen molar-refractivity contribution >= 4 is 17.6 Å². The summed E-state index contributed by atoms with van der Waals surface area (Å²) in [6.45, 7) is 2.29. The minimum atomic E-state index is -0.00138. The molecule has 1 aromatic heterocycles. The van der Waals surface area contributed by atoms with Gasteiger partial charge >= 0.3 is 6.03 Å². The summed E-state index contributed by atoms with van der Waals surface area (Å²) >= 11 is 6.02. The van der Waals surface area contributed by atoms with E-state index in [0.717, 1.165) is 50.2 Å². The number of amides is 2. The van der Waals surface area contributed by atoms with Gasteiger partial charge in [0.1, 0.15) is 5.69 Å². The van der Waals surface area contributed by atoms with Crippen molar-refractivity contribution in [2.24, 2.45) is 0 Å². The van der Waals surface area contributed by atoms with E-state index in [4.69, 9.17) is 11.6 Å². The van der Waals surface area contributed by atoms with E-state index in [2.05, 4.69) is 20.9 Å². The average molecular weight is 375 g/mol. The van der Waals surface area contributed by atoms with Gasteiger partial charge < -0.3 is 15.5 Å². The molecule has 8 heteroatoms. The van der Waals surface area contributed by atoms with Crippen LogP contribution in [0.1, 0.15) is 31.4 Å². The Balaban J connectivity index is 1.38. The summed E-state index contributed by atoms with van der Waals surface area (Å²) in [5, 5.41) is 15.3. The third-order valence-electron chi connectivity index (χ3n) is 4.87. The van der Waals surface area contributed by atoms with Crippen LogP contribution in [0.25, 0.3) is 5.69 Å². The number of urea groups is 1. The van der Waals surface area contributed by atoms with Crippen molar-refractivity contribution in [3.8, 4) is 5.69 Å². The van der Waals surface area contributed by atoms with E-state index >= 15 is 0 Å². The molecule has 1 aliphatic heterocycles. The summed E-state index contributed by atoms with van der Waals surface area (Å²) in [4.78, 5) is 14.8. The highest BCUT2D eigenvalue weighted by atomic mass is 35.5. The molecule has 0 spiro atoms. The summed E-state index contributed by atoms with van der Waals surface area (Å²) in [5.74, 6) is 0. The molecule has 2 heterocycles. The topological polar surface area (TPSA) is 75.1 Å². The van der Waals surface area contributed by atoms with Crippen LogP contribution in [0, 0.1) is 0 Å². The Morgan fingerprint density at radius 2 is 2.23 bits per heavy atom. The van der Waals surface area contributed by atoms with Gasteiger partial charge in [-0.25, -0.2) is 9.48 Å². The molecule has 0 bridgehead atoms. The van der Waals surface area contributed by atoms with E-state index in [1.165, 1.54) is 0 Å². The molecular weight excluding hydrogens is 352 g/mol. The molecule has 0 radical (unpaired) electrons. The molecule has 7 nitrogen and oxygen atoms in total. The van der Waals surface area contributed by atoms with Crippen molar-refractivity contribution in [3.63, 3.8) is 0 Å². The molecule has 2 fully saturated rings. The summed E-state index contributed by atoms with van der Waals surface area (Å²) in [7, 11) is 0. The minimum absolute atomic E-state index is 0.00138. The second-order valence-electron chi connectivity index (χ2n) is 6.93. The van der Waals surface area contributed by atoms with Gasteiger partial charge in [-0.05, 0) is 50.4 Å². The molecule has 4 rings (SSSR count). The van der Waals surface area contributed by atoms with Gasteiger partial charge in [0, 0.05) is 23.7 Å². The zero-order valence-corrected chi connectivity index (χ0v) is 15.3. The number of benzene rings is 1. The monoisotopic (exact) mass is 374 g/mol. The molecule has 2 aromatic rings. The summed E-state index contributed by atoms with van der Waals surface area (Å²) in [6, 6.07) is 8.10. The molecule has 1 aromatic carbocycles. The molecule has 26 heavy (non-hydrogen) atoms. The maximum absolute atomic E-state index is 12.7. The SMILES string of the molecule is O=C(NCc1cn(-c2cccc(Cl)c2)nn1)N(C1CC1)[C@@H]1CCCNC1. The normalized spacial score (nSPS) is 20.0. The number of hydrogen-bond donors (Lipinski definition) is 2. The molecule has 2 amide bonds. The lowest BCUT2D eigenvalue weighted by molar-refractivity contribution is 0.155. The van der Waals surface area contributed by atoms with E-state index in [-0.39, 0.29) is 6.03 Å². The lowest BCUT2D eigenvalue weighted by atomic mass is 10.1. The van der Waals surface area contributed by atoms with Gasteiger partial charge in [0.15, 0.2) is 0 Å². The Morgan fingerprint density at radius 3 is 2.96 bits per heavy atom. The number of rotatable bonds is 5. The Morgan fingerprint density at radius 1 is 1.35 bits per heavy atom. The Kier molecular flexibility index (Phi) is 5.08. The molecule has 0 unspecified atom stereocenters. The van der Waals surface area contributed by atoms with E-state index in [0.29, 0.717) is 23.7 Å². The fourth-order valence-electron chi connectivity index (χ4n) is 3.44. The number of carbonyl (C=O) groups is 1. The number of nitrogens with zero attached hydrogens (tertiary/aromatic N) is 4. The second-order valence-corrected chi connectivity index (χ2v) is 7.37. The molecule has 2 N–H and O–H groups in total. The third kappa shape index (κ3) is 3.99. The predicted octanol–water partition coefficient (Wildman–Crippen LogP) is 2.35. The predicted molar refractivity (Wildman–Crippen MR) is 99.4 cm³/mol. The molecule has 1 saturated heterocycles. The number of carbonyl (C=O) groups excluding carboxylic acids is 1. The molecule has 1 atom stereocenters. The van der Waals surface area contributed by atoms with Gasteiger partial charge in [-0.2, -0.15) is 0 Å². The van der Waals surface area contributed by atoms with E-state index in [1.54, 1.807) is 4.68 Å². The van der Waals surface area contributed by atoms with E-state index < -0.39 is 0 Å². The van der Waals surface area contributed by atoms with Gasteiger partial charge in [0.05, 0.1) is 18.4 Å². The van der Waals surface area contributed by atoms with E-state index in [9.17, 15) is 4.79 Å². The smallest absolute Gasteiger partial charge is 0.318 e. The van der Waals surface area contributed by atoms with Gasteiger partial charge in [-0.1, -0.05) is 22.9 Å². The molecule has 1 aliphatic carbocycles. The van der Waals surface area contributed by atoms with Crippen LogP contribution in [0.2, 0.25) is 5.02 Å². The Bertz CT molecular complexity index is 769. The van der Waals surface area contributed by atoms with Gasteiger partial charge in [-0.3, -0.25) is 0 Å². The molecular formula is C18H23ClN6O. The lowest BCUT2D eigenvalue weighted by Gasteiger charge is -2.34. The van der Waals surface area contributed by atoms with Crippen LogP contribution in [-0.4, -0.2) is 51.1 Å². The third-order valence-corrected chi connectivity index (χ3v) is 5.11. The first-order valence-electron chi connectivity index (χ1n) is 9.15. The number of piperidine rings is 1. The van der Waals surface area contributed by atoms with Crippen molar-refractivity contribution in [2.75, 3.05) is 13.1 Å². The van der Waals surface area contributed by atoms with Gasteiger partial charge in [-0.15, -0.1) is 5.10 Å². The highest BCUT2D eigenvalue weighted by Gasteiger charge is 2.37. The van der Waals surface area contributed by atoms with Crippen LogP contribution in [0.3, 0.4) is 0 Å². The lowest BCUT2D eigenvalue weighted by Crippen LogP contribution is -2.52. The largest absolute Gasteiger partial charge is 0.332 e. The van der Waals surface area contributed by atoms with Crippen LogP contribution in [0.5, 0.6) is 0 Å². The molecule has 138 valence electrons. The average Bonchev–Trinajstić information content (AvgIpc) is 3.37. The van der Waals surface area contributed by atoms with Crippen LogP contribution in [0.15, 0.2) is 30.5 Å². The molecule has 2 aliphatic rings. The summed E-state index contributed by atoms with van der Waals surface area (Å²) < 4.78 is 1.66. The Labute approximate surface area is 157 Å². The fourth-order valence-corrected chi connectivity index (χ4v) is 3.62. The van der Waals surface area contributed by atoms with Gasteiger partial charge in [0.2, 0.25) is 0 Å². The highest BCUT2D eigenvalue weighted by Crippen LogP contribution is 2.30. The van der Waals surface area contributed by atoms with Crippen molar-refractivity contribution in [1.82, 2.24) is 30.5 Å². The number of aromatic nitrogens is 3. The van der Waals surface area contributed by atoms with Crippen molar-refractivity contribution in [3.05, 3.63) is 41.2 Å². The molecule has 1 saturated carbocycles. The quantitative estimate of drug-likeness (QED) is 0.842. The van der Waals surface area contributed by atoms with Crippen molar-refractivity contribution in [1.29, 1.82) is 0 Å². The van der Waals surface area contributed by atoms with Crippen LogP contribution < -0.4 is 10.6 Å². The maximum atomic E-state index is 12.7. The number of halogens is 1. The first-order chi connectivity index (χ1) is 12.7. The Hall–Kier alpha value is -2.12. The first kappa shape index (κ1) is 17.3. The fraction of sp³-hybridized carbons (Fsp3) is 0.500. The summed E-state index contributed by atoms with van der Waals surface area (Å²) in [5.41, 5.74) is 1.56. The standard InChI is InChI=1S/C18H23ClN6O/c19-13-3-1-4-16(9-13)24-12-14(22-23-24)10-21-18(26)25(15-6-7-15)17-5-2-8-20-11-17/h1,3-4,9,12,15,17,20H,2,5-8,10-11H2,(H,21,26)/t17-/m1/s1. The van der Waals surface area contributed by atoms with E-state index in [1.807, 2.05) is 35.4 Å². The van der Waals surface area contributed by atoms with Crippen molar-refractivity contribution in [2.45, 2.75) is 44.3 Å². The first-order valence-corrected chi connectivity index (χ1v) is 9.52. The number of hydrogen-bond acceptors (Lipinski definition) is 4. The van der Waals surface area contributed by atoms with Crippen LogP contribution >= 0.6 is 11.6 Å². The zero-order chi connectivity index (χ0) is 17.9. The van der Waals surface area contributed by atoms with Crippen LogP contribution in [-0.2, 0) is 6.54 Å². The highest BCUT2D eigenvalue weighted by molar-refractivity contribution is 6.30.